The number of ketones is 1. The van der Waals surface area contributed by atoms with Crippen LogP contribution in [0.5, 0.6) is 11.5 Å². The molecule has 0 saturated heterocycles. The highest BCUT2D eigenvalue weighted by molar-refractivity contribution is 6.03. The zero-order chi connectivity index (χ0) is 13.5. The van der Waals surface area contributed by atoms with Crippen LogP contribution >= 0.6 is 0 Å². The Kier molecular flexibility index (Phi) is 2.97. The fourth-order valence-electron chi connectivity index (χ4n) is 3.00. The van der Waals surface area contributed by atoms with Crippen LogP contribution in [0.1, 0.15) is 35.2 Å². The number of carbonyl (C=O) groups excluding carboxylic acids is 1. The standard InChI is InChI=1S/C15H19NO3/c1-10-6-12-13(19-9-18-12)7-11(10)14(17)15(8-16-2)4-3-5-15/h6-7,16H,3-5,8-9H2,1-2H3. The molecule has 0 unspecified atom stereocenters. The number of aryl methyl sites for hydroxylation is 1. The van der Waals surface area contributed by atoms with Crippen molar-refractivity contribution in [3.63, 3.8) is 0 Å². The minimum absolute atomic E-state index is 0.215. The largest absolute Gasteiger partial charge is 0.454 e. The van der Waals surface area contributed by atoms with E-state index in [0.29, 0.717) is 5.75 Å². The summed E-state index contributed by atoms with van der Waals surface area (Å²) in [5.41, 5.74) is 1.53. The van der Waals surface area contributed by atoms with Gasteiger partial charge in [-0.1, -0.05) is 6.42 Å². The first-order valence-corrected chi connectivity index (χ1v) is 6.76. The van der Waals surface area contributed by atoms with Crippen LogP contribution < -0.4 is 14.8 Å². The predicted molar refractivity (Wildman–Crippen MR) is 71.8 cm³/mol. The third-order valence-electron chi connectivity index (χ3n) is 4.27. The molecular formula is C15H19NO3. The smallest absolute Gasteiger partial charge is 0.231 e. The van der Waals surface area contributed by atoms with E-state index in [2.05, 4.69) is 5.32 Å². The van der Waals surface area contributed by atoms with E-state index in [4.69, 9.17) is 9.47 Å². The topological polar surface area (TPSA) is 47.6 Å². The predicted octanol–water partition coefficient (Wildman–Crippen LogP) is 2.30. The van der Waals surface area contributed by atoms with Crippen molar-refractivity contribution >= 4 is 5.78 Å². The number of nitrogens with one attached hydrogen (secondary N) is 1. The van der Waals surface area contributed by atoms with Gasteiger partial charge in [0.15, 0.2) is 17.3 Å². The number of hydrogen-bond acceptors (Lipinski definition) is 4. The van der Waals surface area contributed by atoms with Gasteiger partial charge < -0.3 is 14.8 Å². The van der Waals surface area contributed by atoms with Gasteiger partial charge in [0.1, 0.15) is 0 Å². The molecule has 1 aromatic rings. The molecule has 0 atom stereocenters. The van der Waals surface area contributed by atoms with Gasteiger partial charge in [0, 0.05) is 17.5 Å². The normalized spacial score (nSPS) is 19.1. The van der Waals surface area contributed by atoms with Gasteiger partial charge in [0.2, 0.25) is 6.79 Å². The van der Waals surface area contributed by atoms with Crippen molar-refractivity contribution in [3.05, 3.63) is 23.3 Å². The van der Waals surface area contributed by atoms with E-state index in [1.54, 1.807) is 0 Å². The molecule has 1 fully saturated rings. The van der Waals surface area contributed by atoms with Crippen molar-refractivity contribution < 1.29 is 14.3 Å². The Morgan fingerprint density at radius 1 is 1.32 bits per heavy atom. The quantitative estimate of drug-likeness (QED) is 0.845. The van der Waals surface area contributed by atoms with E-state index in [1.807, 2.05) is 26.1 Å². The van der Waals surface area contributed by atoms with Gasteiger partial charge in [-0.05, 0) is 44.5 Å². The molecule has 1 aromatic carbocycles. The monoisotopic (exact) mass is 261 g/mol. The maximum Gasteiger partial charge on any atom is 0.231 e. The van der Waals surface area contributed by atoms with Crippen LogP contribution in [0.15, 0.2) is 12.1 Å². The molecule has 4 heteroatoms. The van der Waals surface area contributed by atoms with Crippen LogP contribution in [0.3, 0.4) is 0 Å². The lowest BCUT2D eigenvalue weighted by atomic mass is 9.64. The summed E-state index contributed by atoms with van der Waals surface area (Å²) < 4.78 is 10.7. The van der Waals surface area contributed by atoms with Crippen LogP contribution in [0, 0.1) is 12.3 Å². The molecule has 2 aliphatic rings. The molecule has 1 saturated carbocycles. The van der Waals surface area contributed by atoms with Crippen LogP contribution in [-0.4, -0.2) is 26.2 Å². The van der Waals surface area contributed by atoms with Crippen LogP contribution in [-0.2, 0) is 0 Å². The molecule has 0 spiro atoms. The Morgan fingerprint density at radius 2 is 2.00 bits per heavy atom. The first-order valence-electron chi connectivity index (χ1n) is 6.76. The molecule has 4 nitrogen and oxygen atoms in total. The van der Waals surface area contributed by atoms with E-state index >= 15 is 0 Å². The maximum atomic E-state index is 12.8. The van der Waals surface area contributed by atoms with Gasteiger partial charge in [0.05, 0.1) is 0 Å². The van der Waals surface area contributed by atoms with Gasteiger partial charge >= 0.3 is 0 Å². The number of hydrogen-bond donors (Lipinski definition) is 1. The Labute approximate surface area is 113 Å². The average molecular weight is 261 g/mol. The molecular weight excluding hydrogens is 242 g/mol. The summed E-state index contributed by atoms with van der Waals surface area (Å²) in [6, 6.07) is 3.75. The summed E-state index contributed by atoms with van der Waals surface area (Å²) in [6.07, 6.45) is 3.08. The second kappa shape index (κ2) is 4.53. The molecule has 0 aromatic heterocycles. The summed E-state index contributed by atoms with van der Waals surface area (Å²) >= 11 is 0. The number of carbonyl (C=O) groups is 1. The molecule has 1 heterocycles. The minimum Gasteiger partial charge on any atom is -0.454 e. The van der Waals surface area contributed by atoms with Crippen molar-refractivity contribution in [3.8, 4) is 11.5 Å². The first kappa shape index (κ1) is 12.5. The number of Topliss-reactive ketones (excluding diaryl/α,β-unsaturated/α-hetero) is 1. The lowest BCUT2D eigenvalue weighted by Crippen LogP contribution is -2.45. The third kappa shape index (κ3) is 1.91. The Bertz CT molecular complexity index is 520. The number of fused-ring (bicyclic) bond motifs is 1. The zero-order valence-electron chi connectivity index (χ0n) is 11.4. The summed E-state index contributed by atoms with van der Waals surface area (Å²) in [7, 11) is 1.90. The second-order valence-electron chi connectivity index (χ2n) is 5.51. The fraction of sp³-hybridized carbons (Fsp3) is 0.533. The van der Waals surface area contributed by atoms with Crippen LogP contribution in [0.25, 0.3) is 0 Å². The van der Waals surface area contributed by atoms with Gasteiger partial charge in [0.25, 0.3) is 0 Å². The van der Waals surface area contributed by atoms with Gasteiger partial charge in [-0.3, -0.25) is 4.79 Å². The molecule has 1 aliphatic heterocycles. The van der Waals surface area contributed by atoms with E-state index in [1.165, 1.54) is 0 Å². The molecule has 1 aliphatic carbocycles. The SMILES string of the molecule is CNCC1(C(=O)c2cc3c(cc2C)OCO3)CCC1. The van der Waals surface area contributed by atoms with Crippen molar-refractivity contribution in [1.82, 2.24) is 5.32 Å². The summed E-state index contributed by atoms with van der Waals surface area (Å²) in [6.45, 7) is 2.95. The van der Waals surface area contributed by atoms with Crippen molar-refractivity contribution in [2.75, 3.05) is 20.4 Å². The van der Waals surface area contributed by atoms with Gasteiger partial charge in [-0.25, -0.2) is 0 Å². The van der Waals surface area contributed by atoms with Crippen molar-refractivity contribution in [2.45, 2.75) is 26.2 Å². The zero-order valence-corrected chi connectivity index (χ0v) is 11.4. The van der Waals surface area contributed by atoms with Gasteiger partial charge in [-0.2, -0.15) is 0 Å². The lowest BCUT2D eigenvalue weighted by Gasteiger charge is -2.40. The van der Waals surface area contributed by atoms with E-state index in [9.17, 15) is 4.79 Å². The number of rotatable bonds is 4. The molecule has 1 N–H and O–H groups in total. The number of ether oxygens (including phenoxy) is 2. The van der Waals surface area contributed by atoms with E-state index in [0.717, 1.165) is 42.7 Å². The van der Waals surface area contributed by atoms with Crippen LogP contribution in [0.4, 0.5) is 0 Å². The summed E-state index contributed by atoms with van der Waals surface area (Å²) in [4.78, 5) is 12.8. The second-order valence-corrected chi connectivity index (χ2v) is 5.51. The van der Waals surface area contributed by atoms with E-state index in [-0.39, 0.29) is 18.0 Å². The Hall–Kier alpha value is -1.55. The number of benzene rings is 1. The van der Waals surface area contributed by atoms with Crippen LogP contribution in [0.2, 0.25) is 0 Å². The maximum absolute atomic E-state index is 12.8. The highest BCUT2D eigenvalue weighted by Crippen LogP contribution is 2.45. The summed E-state index contributed by atoms with van der Waals surface area (Å²) in [5.74, 6) is 1.67. The molecule has 0 radical (unpaired) electrons. The van der Waals surface area contributed by atoms with Gasteiger partial charge in [-0.15, -0.1) is 0 Å². The van der Waals surface area contributed by atoms with Crippen molar-refractivity contribution in [2.24, 2.45) is 5.41 Å². The van der Waals surface area contributed by atoms with E-state index < -0.39 is 0 Å². The first-order chi connectivity index (χ1) is 9.16. The fourth-order valence-corrected chi connectivity index (χ4v) is 3.00. The highest BCUT2D eigenvalue weighted by Gasteiger charge is 2.44. The molecule has 3 rings (SSSR count). The lowest BCUT2D eigenvalue weighted by molar-refractivity contribution is 0.0613. The van der Waals surface area contributed by atoms with Crippen molar-refractivity contribution in [1.29, 1.82) is 0 Å². The highest BCUT2D eigenvalue weighted by atomic mass is 16.7. The molecule has 19 heavy (non-hydrogen) atoms. The summed E-state index contributed by atoms with van der Waals surface area (Å²) in [5, 5.41) is 3.16. The third-order valence-corrected chi connectivity index (χ3v) is 4.27. The minimum atomic E-state index is -0.215. The average Bonchev–Trinajstić information content (AvgIpc) is 2.79. The Balaban J connectivity index is 1.95. The molecule has 0 bridgehead atoms. The molecule has 102 valence electrons. The Morgan fingerprint density at radius 3 is 2.58 bits per heavy atom. The molecule has 0 amide bonds.